The lowest BCUT2D eigenvalue weighted by atomic mass is 10.1. The van der Waals surface area contributed by atoms with Crippen molar-refractivity contribution in [3.8, 4) is 17.3 Å². The van der Waals surface area contributed by atoms with Gasteiger partial charge in [0.05, 0.1) is 13.2 Å². The van der Waals surface area contributed by atoms with Crippen molar-refractivity contribution in [3.05, 3.63) is 46.9 Å². The number of carbonyl (C=O) groups is 1. The van der Waals surface area contributed by atoms with Crippen LogP contribution < -0.4 is 4.74 Å². The summed E-state index contributed by atoms with van der Waals surface area (Å²) in [5.41, 5.74) is 3.95. The van der Waals surface area contributed by atoms with E-state index in [1.54, 1.807) is 11.9 Å². The molecular formula is C23H29N5O4. The normalized spacial score (nSPS) is 13.3. The summed E-state index contributed by atoms with van der Waals surface area (Å²) >= 11 is 0. The predicted octanol–water partition coefficient (Wildman–Crippen LogP) is 2.98. The third kappa shape index (κ3) is 4.83. The van der Waals surface area contributed by atoms with E-state index in [1.165, 1.54) is 5.69 Å². The molecule has 0 saturated carbocycles. The lowest BCUT2D eigenvalue weighted by Crippen LogP contribution is -2.33. The molecule has 0 N–H and O–H groups in total. The van der Waals surface area contributed by atoms with Crippen molar-refractivity contribution in [2.75, 3.05) is 26.8 Å². The van der Waals surface area contributed by atoms with E-state index in [1.807, 2.05) is 35.9 Å². The number of ether oxygens (including phenoxy) is 2. The summed E-state index contributed by atoms with van der Waals surface area (Å²) in [7, 11) is 1.74. The Morgan fingerprint density at radius 1 is 1.34 bits per heavy atom. The first-order chi connectivity index (χ1) is 15.4. The summed E-state index contributed by atoms with van der Waals surface area (Å²) in [6.45, 7) is 7.80. The number of hydrogen-bond donors (Lipinski definition) is 0. The van der Waals surface area contributed by atoms with Crippen LogP contribution in [0.5, 0.6) is 5.75 Å². The molecule has 4 rings (SSSR count). The Kier molecular flexibility index (Phi) is 6.55. The van der Waals surface area contributed by atoms with Crippen LogP contribution in [0.1, 0.15) is 42.5 Å². The van der Waals surface area contributed by atoms with Gasteiger partial charge in [-0.15, -0.1) is 0 Å². The minimum absolute atomic E-state index is 0.0176. The summed E-state index contributed by atoms with van der Waals surface area (Å²) < 4.78 is 18.7. The van der Waals surface area contributed by atoms with Gasteiger partial charge in [0.1, 0.15) is 5.75 Å². The number of amides is 1. The Morgan fingerprint density at radius 2 is 2.19 bits per heavy atom. The molecular weight excluding hydrogens is 410 g/mol. The first-order valence-corrected chi connectivity index (χ1v) is 10.9. The smallest absolute Gasteiger partial charge is 0.278 e. The van der Waals surface area contributed by atoms with Crippen molar-refractivity contribution in [1.82, 2.24) is 24.8 Å². The van der Waals surface area contributed by atoms with Gasteiger partial charge in [0.2, 0.25) is 0 Å². The van der Waals surface area contributed by atoms with Gasteiger partial charge < -0.3 is 18.9 Å². The summed E-state index contributed by atoms with van der Waals surface area (Å²) in [6, 6.07) is 7.86. The fraction of sp³-hybridized carbons (Fsp3) is 0.478. The zero-order chi connectivity index (χ0) is 22.7. The van der Waals surface area contributed by atoms with Crippen molar-refractivity contribution < 1.29 is 18.8 Å². The summed E-state index contributed by atoms with van der Waals surface area (Å²) in [5.74, 6) is 1.49. The third-order valence-corrected chi connectivity index (χ3v) is 5.46. The van der Waals surface area contributed by atoms with Crippen LogP contribution in [0.15, 0.2) is 28.8 Å². The van der Waals surface area contributed by atoms with Crippen molar-refractivity contribution in [2.24, 2.45) is 0 Å². The van der Waals surface area contributed by atoms with E-state index in [2.05, 4.69) is 24.0 Å². The highest BCUT2D eigenvalue weighted by Gasteiger charge is 2.26. The van der Waals surface area contributed by atoms with Gasteiger partial charge in [-0.05, 0) is 38.5 Å². The van der Waals surface area contributed by atoms with E-state index >= 15 is 0 Å². The molecule has 0 radical (unpaired) electrons. The van der Waals surface area contributed by atoms with Crippen LogP contribution in [0.25, 0.3) is 11.6 Å². The van der Waals surface area contributed by atoms with Gasteiger partial charge in [-0.1, -0.05) is 17.3 Å². The van der Waals surface area contributed by atoms with Crippen molar-refractivity contribution in [2.45, 2.75) is 46.3 Å². The zero-order valence-corrected chi connectivity index (χ0v) is 19.0. The minimum Gasteiger partial charge on any atom is -0.484 e. The molecule has 0 bridgehead atoms. The van der Waals surface area contributed by atoms with Crippen LogP contribution in [-0.4, -0.2) is 57.5 Å². The van der Waals surface area contributed by atoms with Gasteiger partial charge in [0.15, 0.2) is 18.1 Å². The molecule has 0 spiro atoms. The average molecular weight is 440 g/mol. The molecule has 32 heavy (non-hydrogen) atoms. The highest BCUT2D eigenvalue weighted by Crippen LogP contribution is 2.30. The van der Waals surface area contributed by atoms with Crippen molar-refractivity contribution >= 4 is 5.91 Å². The fourth-order valence-electron chi connectivity index (χ4n) is 3.67. The van der Waals surface area contributed by atoms with E-state index in [0.717, 1.165) is 17.5 Å². The molecule has 3 heterocycles. The molecule has 1 amide bonds. The molecule has 0 fully saturated rings. The van der Waals surface area contributed by atoms with Crippen LogP contribution in [0.2, 0.25) is 0 Å². The van der Waals surface area contributed by atoms with Gasteiger partial charge in [0, 0.05) is 43.7 Å². The zero-order valence-electron chi connectivity index (χ0n) is 19.0. The number of fused-ring (bicyclic) bond motifs is 1. The number of carbonyl (C=O) groups excluding carboxylic acids is 1. The third-order valence-electron chi connectivity index (χ3n) is 5.46. The summed E-state index contributed by atoms with van der Waals surface area (Å²) in [6.07, 6.45) is 1.29. The molecule has 0 unspecified atom stereocenters. The predicted molar refractivity (Wildman–Crippen MR) is 117 cm³/mol. The minimum atomic E-state index is -0.114. The van der Waals surface area contributed by atoms with Crippen LogP contribution >= 0.6 is 0 Å². The molecule has 1 aromatic carbocycles. The first-order valence-electron chi connectivity index (χ1n) is 10.9. The van der Waals surface area contributed by atoms with Gasteiger partial charge in [-0.2, -0.15) is 10.1 Å². The van der Waals surface area contributed by atoms with Gasteiger partial charge >= 0.3 is 0 Å². The number of rotatable bonds is 8. The number of benzene rings is 1. The number of hydrogen-bond acceptors (Lipinski definition) is 7. The first kappa shape index (κ1) is 22.0. The Morgan fingerprint density at radius 3 is 2.97 bits per heavy atom. The number of likely N-dealkylation sites (N-methyl/N-ethyl adjacent to an activating group) is 1. The van der Waals surface area contributed by atoms with Crippen molar-refractivity contribution in [1.29, 1.82) is 0 Å². The standard InChI is InChI=1S/C23H29N5O4/c1-15(2)28-19-9-11-30-13-18(19)22(25-28)23-24-20(26-32-23)8-10-27(4)21(29)14-31-17-7-5-6-16(3)12-17/h5-7,12,15H,8-11,13-14H2,1-4H3. The molecule has 170 valence electrons. The van der Waals surface area contributed by atoms with Crippen LogP contribution in [0.3, 0.4) is 0 Å². The molecule has 9 heteroatoms. The van der Waals surface area contributed by atoms with Crippen LogP contribution in [0.4, 0.5) is 0 Å². The Bertz CT molecular complexity index is 1090. The topological polar surface area (TPSA) is 95.5 Å². The second kappa shape index (κ2) is 9.52. The molecule has 0 atom stereocenters. The maximum absolute atomic E-state index is 12.4. The van der Waals surface area contributed by atoms with Crippen LogP contribution in [0, 0.1) is 6.92 Å². The van der Waals surface area contributed by atoms with E-state index in [0.29, 0.717) is 49.3 Å². The summed E-state index contributed by atoms with van der Waals surface area (Å²) in [5, 5.41) is 8.80. The fourth-order valence-corrected chi connectivity index (χ4v) is 3.67. The van der Waals surface area contributed by atoms with E-state index in [9.17, 15) is 4.79 Å². The van der Waals surface area contributed by atoms with Gasteiger partial charge in [-0.25, -0.2) is 0 Å². The largest absolute Gasteiger partial charge is 0.484 e. The van der Waals surface area contributed by atoms with Gasteiger partial charge in [0.25, 0.3) is 11.8 Å². The van der Waals surface area contributed by atoms with Crippen LogP contribution in [-0.2, 0) is 29.0 Å². The molecule has 2 aromatic heterocycles. The maximum atomic E-state index is 12.4. The molecule has 0 saturated heterocycles. The average Bonchev–Trinajstić information content (AvgIpc) is 3.40. The number of aromatic nitrogens is 4. The second-order valence-electron chi connectivity index (χ2n) is 8.30. The summed E-state index contributed by atoms with van der Waals surface area (Å²) in [4.78, 5) is 18.5. The van der Waals surface area contributed by atoms with Crippen molar-refractivity contribution in [3.63, 3.8) is 0 Å². The van der Waals surface area contributed by atoms with E-state index in [4.69, 9.17) is 19.1 Å². The molecule has 1 aliphatic heterocycles. The lowest BCUT2D eigenvalue weighted by Gasteiger charge is -2.16. The Balaban J connectivity index is 1.36. The number of nitrogens with zero attached hydrogens (tertiary/aromatic N) is 5. The quantitative estimate of drug-likeness (QED) is 0.532. The Hall–Kier alpha value is -3.20. The maximum Gasteiger partial charge on any atom is 0.278 e. The second-order valence-corrected chi connectivity index (χ2v) is 8.30. The molecule has 0 aliphatic carbocycles. The molecule has 3 aromatic rings. The number of aryl methyl sites for hydroxylation is 1. The highest BCUT2D eigenvalue weighted by molar-refractivity contribution is 5.77. The molecule has 9 nitrogen and oxygen atoms in total. The monoisotopic (exact) mass is 439 g/mol. The highest BCUT2D eigenvalue weighted by atomic mass is 16.5. The van der Waals surface area contributed by atoms with E-state index in [-0.39, 0.29) is 18.6 Å². The van der Waals surface area contributed by atoms with Gasteiger partial charge in [-0.3, -0.25) is 9.48 Å². The SMILES string of the molecule is Cc1cccc(OCC(=O)N(C)CCc2noc(-c3nn(C(C)C)c4c3COCC4)n2)c1. The Labute approximate surface area is 187 Å². The van der Waals surface area contributed by atoms with E-state index < -0.39 is 0 Å². The molecule has 1 aliphatic rings. The lowest BCUT2D eigenvalue weighted by molar-refractivity contribution is -0.132.